The van der Waals surface area contributed by atoms with Crippen LogP contribution < -0.4 is 16.6 Å². The fraction of sp³-hybridized carbons (Fsp3) is 0.375. The fourth-order valence-electron chi connectivity index (χ4n) is 4.37. The number of H-pyrrole nitrogens is 1. The number of nitrogens with one attached hydrogen (secondary N) is 2. The average Bonchev–Trinajstić information content (AvgIpc) is 3.06. The zero-order valence-corrected chi connectivity index (χ0v) is 17.9. The molecule has 1 amide bonds. The SMILES string of the molecule is CC[C@H]1O[C@@H](n2cc(C(=O)NCc3cccc4ccccc34)c(=O)[nH]c2=O)[C@@H](C)C1C. The van der Waals surface area contributed by atoms with Gasteiger partial charge in [-0.3, -0.25) is 19.1 Å². The van der Waals surface area contributed by atoms with Gasteiger partial charge in [0.25, 0.3) is 11.5 Å². The van der Waals surface area contributed by atoms with Crippen molar-refractivity contribution in [3.8, 4) is 0 Å². The Morgan fingerprint density at radius 2 is 1.84 bits per heavy atom. The Balaban J connectivity index is 1.59. The van der Waals surface area contributed by atoms with Crippen molar-refractivity contribution in [1.82, 2.24) is 14.9 Å². The maximum Gasteiger partial charge on any atom is 0.330 e. The molecule has 1 unspecified atom stereocenters. The first-order chi connectivity index (χ1) is 14.9. The molecule has 1 saturated heterocycles. The minimum Gasteiger partial charge on any atom is -0.354 e. The van der Waals surface area contributed by atoms with Gasteiger partial charge in [-0.25, -0.2) is 4.79 Å². The van der Waals surface area contributed by atoms with Gasteiger partial charge in [-0.2, -0.15) is 0 Å². The lowest BCUT2D eigenvalue weighted by Gasteiger charge is -2.19. The minimum absolute atomic E-state index is 0.0301. The van der Waals surface area contributed by atoms with Crippen molar-refractivity contribution >= 4 is 16.7 Å². The summed E-state index contributed by atoms with van der Waals surface area (Å²) < 4.78 is 7.40. The molecule has 1 fully saturated rings. The summed E-state index contributed by atoms with van der Waals surface area (Å²) in [6, 6.07) is 13.8. The Hall–Kier alpha value is -3.19. The number of aromatic nitrogens is 2. The molecule has 1 aliphatic rings. The monoisotopic (exact) mass is 421 g/mol. The molecule has 0 saturated carbocycles. The number of hydrogen-bond donors (Lipinski definition) is 2. The highest BCUT2D eigenvalue weighted by atomic mass is 16.5. The van der Waals surface area contributed by atoms with E-state index in [1.54, 1.807) is 0 Å². The highest BCUT2D eigenvalue weighted by Gasteiger charge is 2.39. The zero-order chi connectivity index (χ0) is 22.1. The molecule has 1 aromatic heterocycles. The highest BCUT2D eigenvalue weighted by Crippen LogP contribution is 2.39. The fourth-order valence-corrected chi connectivity index (χ4v) is 4.37. The van der Waals surface area contributed by atoms with E-state index in [0.29, 0.717) is 0 Å². The van der Waals surface area contributed by atoms with Crippen LogP contribution in [0.25, 0.3) is 10.8 Å². The van der Waals surface area contributed by atoms with Gasteiger partial charge in [-0.05, 0) is 28.7 Å². The summed E-state index contributed by atoms with van der Waals surface area (Å²) in [6.45, 7) is 6.41. The Morgan fingerprint density at radius 1 is 1.10 bits per heavy atom. The summed E-state index contributed by atoms with van der Waals surface area (Å²) in [7, 11) is 0. The number of aromatic amines is 1. The molecular weight excluding hydrogens is 394 g/mol. The molecule has 0 spiro atoms. The highest BCUT2D eigenvalue weighted by molar-refractivity contribution is 5.94. The molecule has 4 atom stereocenters. The van der Waals surface area contributed by atoms with Crippen LogP contribution in [-0.4, -0.2) is 21.6 Å². The van der Waals surface area contributed by atoms with Gasteiger partial charge >= 0.3 is 5.69 Å². The van der Waals surface area contributed by atoms with Crippen molar-refractivity contribution in [2.24, 2.45) is 11.8 Å². The van der Waals surface area contributed by atoms with Crippen LogP contribution in [-0.2, 0) is 11.3 Å². The molecule has 4 rings (SSSR count). The number of nitrogens with zero attached hydrogens (tertiary/aromatic N) is 1. The summed E-state index contributed by atoms with van der Waals surface area (Å²) in [5.41, 5.74) is -0.439. The molecular formula is C24H27N3O4. The van der Waals surface area contributed by atoms with Crippen molar-refractivity contribution in [3.63, 3.8) is 0 Å². The predicted molar refractivity (Wildman–Crippen MR) is 119 cm³/mol. The molecule has 0 bridgehead atoms. The lowest BCUT2D eigenvalue weighted by molar-refractivity contribution is -0.0169. The van der Waals surface area contributed by atoms with E-state index >= 15 is 0 Å². The third-order valence-corrected chi connectivity index (χ3v) is 6.39. The van der Waals surface area contributed by atoms with Gasteiger partial charge < -0.3 is 10.1 Å². The third-order valence-electron chi connectivity index (χ3n) is 6.39. The maximum absolute atomic E-state index is 12.8. The van der Waals surface area contributed by atoms with E-state index in [1.807, 2.05) is 56.3 Å². The molecule has 2 N–H and O–H groups in total. The molecule has 7 heteroatoms. The topological polar surface area (TPSA) is 93.2 Å². The second-order valence-electron chi connectivity index (χ2n) is 8.22. The first-order valence-electron chi connectivity index (χ1n) is 10.7. The van der Waals surface area contributed by atoms with Gasteiger partial charge in [0, 0.05) is 18.7 Å². The standard InChI is InChI=1S/C24H27N3O4/c1-4-20-14(2)15(3)23(31-20)27-13-19(22(29)26-24(27)30)21(28)25-12-17-10-7-9-16-8-5-6-11-18(16)17/h5-11,13-15,20,23H,4,12H2,1-3H3,(H,25,28)(H,26,29,30)/t14?,15-,20+,23+/m0/s1. The summed E-state index contributed by atoms with van der Waals surface area (Å²) in [5, 5.41) is 4.93. The smallest absolute Gasteiger partial charge is 0.330 e. The predicted octanol–water partition coefficient (Wildman–Crippen LogP) is 3.20. The molecule has 2 aromatic carbocycles. The lowest BCUT2D eigenvalue weighted by Crippen LogP contribution is -2.39. The van der Waals surface area contributed by atoms with Crippen molar-refractivity contribution in [2.75, 3.05) is 0 Å². The largest absolute Gasteiger partial charge is 0.354 e. The van der Waals surface area contributed by atoms with Crippen molar-refractivity contribution in [1.29, 1.82) is 0 Å². The van der Waals surface area contributed by atoms with Crippen LogP contribution >= 0.6 is 0 Å². The van der Waals surface area contributed by atoms with Crippen LogP contribution in [0.4, 0.5) is 0 Å². The number of rotatable bonds is 5. The van der Waals surface area contributed by atoms with Crippen LogP contribution in [0.15, 0.2) is 58.3 Å². The van der Waals surface area contributed by atoms with Gasteiger partial charge in [0.1, 0.15) is 11.8 Å². The second-order valence-corrected chi connectivity index (χ2v) is 8.22. The first kappa shape index (κ1) is 21.1. The van der Waals surface area contributed by atoms with Crippen LogP contribution in [0.5, 0.6) is 0 Å². The van der Waals surface area contributed by atoms with E-state index in [9.17, 15) is 14.4 Å². The molecule has 31 heavy (non-hydrogen) atoms. The normalized spacial score (nSPS) is 23.2. The number of carbonyl (C=O) groups excluding carboxylic acids is 1. The molecule has 0 aliphatic carbocycles. The number of hydrogen-bond acceptors (Lipinski definition) is 4. The van der Waals surface area contributed by atoms with Gasteiger partial charge in [-0.15, -0.1) is 0 Å². The molecule has 3 aromatic rings. The van der Waals surface area contributed by atoms with E-state index in [-0.39, 0.29) is 30.0 Å². The summed E-state index contributed by atoms with van der Waals surface area (Å²) in [5.74, 6) is -0.203. The molecule has 0 radical (unpaired) electrons. The van der Waals surface area contributed by atoms with Crippen LogP contribution in [0.2, 0.25) is 0 Å². The molecule has 1 aliphatic heterocycles. The van der Waals surface area contributed by atoms with E-state index in [4.69, 9.17) is 4.74 Å². The number of fused-ring (bicyclic) bond motifs is 1. The van der Waals surface area contributed by atoms with Crippen LogP contribution in [0, 0.1) is 11.8 Å². The Bertz CT molecular complexity index is 1220. The summed E-state index contributed by atoms with van der Waals surface area (Å²) >= 11 is 0. The quantitative estimate of drug-likeness (QED) is 0.662. The van der Waals surface area contributed by atoms with E-state index in [0.717, 1.165) is 22.8 Å². The Morgan fingerprint density at radius 3 is 2.58 bits per heavy atom. The van der Waals surface area contributed by atoms with Gasteiger partial charge in [0.15, 0.2) is 0 Å². The summed E-state index contributed by atoms with van der Waals surface area (Å²) in [6.07, 6.45) is 1.67. The van der Waals surface area contributed by atoms with Gasteiger partial charge in [0.2, 0.25) is 0 Å². The second kappa shape index (κ2) is 8.51. The van der Waals surface area contributed by atoms with Crippen LogP contribution in [0.1, 0.15) is 49.3 Å². The number of carbonyl (C=O) groups is 1. The van der Waals surface area contributed by atoms with Gasteiger partial charge in [-0.1, -0.05) is 63.2 Å². The number of ether oxygens (including phenoxy) is 1. The van der Waals surface area contributed by atoms with E-state index < -0.39 is 23.4 Å². The third kappa shape index (κ3) is 3.93. The Kier molecular flexibility index (Phi) is 5.78. The minimum atomic E-state index is -0.706. The van der Waals surface area contributed by atoms with Gasteiger partial charge in [0.05, 0.1) is 6.10 Å². The maximum atomic E-state index is 12.8. The molecule has 162 valence electrons. The average molecular weight is 421 g/mol. The number of amides is 1. The lowest BCUT2D eigenvalue weighted by atomic mass is 9.91. The molecule has 2 heterocycles. The van der Waals surface area contributed by atoms with Crippen LogP contribution in [0.3, 0.4) is 0 Å². The van der Waals surface area contributed by atoms with Crippen molar-refractivity contribution in [3.05, 3.63) is 80.6 Å². The molecule has 7 nitrogen and oxygen atoms in total. The number of benzene rings is 2. The van der Waals surface area contributed by atoms with Crippen molar-refractivity contribution in [2.45, 2.75) is 46.1 Å². The van der Waals surface area contributed by atoms with Crippen molar-refractivity contribution < 1.29 is 9.53 Å². The first-order valence-corrected chi connectivity index (χ1v) is 10.7. The Labute approximate surface area is 180 Å². The zero-order valence-electron chi connectivity index (χ0n) is 17.9. The van der Waals surface area contributed by atoms with E-state index in [1.165, 1.54) is 10.8 Å². The summed E-state index contributed by atoms with van der Waals surface area (Å²) in [4.78, 5) is 39.9. The van der Waals surface area contributed by atoms with E-state index in [2.05, 4.69) is 17.2 Å².